The van der Waals surface area contributed by atoms with Crippen molar-refractivity contribution < 1.29 is 9.53 Å². The fourth-order valence-corrected chi connectivity index (χ4v) is 1.46. The van der Waals surface area contributed by atoms with Crippen molar-refractivity contribution in [2.24, 2.45) is 11.7 Å². The quantitative estimate of drug-likeness (QED) is 0.864. The van der Waals surface area contributed by atoms with Gasteiger partial charge in [0.25, 0.3) is 0 Å². The molecule has 0 unspecified atom stereocenters. The lowest BCUT2D eigenvalue weighted by atomic mass is 10.0. The van der Waals surface area contributed by atoms with Gasteiger partial charge in [-0.1, -0.05) is 19.9 Å². The van der Waals surface area contributed by atoms with Crippen molar-refractivity contribution in [3.05, 3.63) is 24.3 Å². The Morgan fingerprint density at radius 3 is 2.59 bits per heavy atom. The Labute approximate surface area is 102 Å². The smallest absolute Gasteiger partial charge is 0.243 e. The van der Waals surface area contributed by atoms with Crippen LogP contribution in [0.1, 0.15) is 13.8 Å². The number of methoxy groups -OCH3 is 1. The fourth-order valence-electron chi connectivity index (χ4n) is 1.46. The molecule has 17 heavy (non-hydrogen) atoms. The van der Waals surface area contributed by atoms with E-state index in [0.717, 1.165) is 11.4 Å². The zero-order valence-corrected chi connectivity index (χ0v) is 10.8. The summed E-state index contributed by atoms with van der Waals surface area (Å²) < 4.78 is 5.12. The van der Waals surface area contributed by atoms with Gasteiger partial charge in [0, 0.05) is 18.8 Å². The van der Waals surface area contributed by atoms with Crippen LogP contribution in [0.4, 0.5) is 5.69 Å². The minimum Gasteiger partial charge on any atom is -0.497 e. The van der Waals surface area contributed by atoms with E-state index in [0.29, 0.717) is 0 Å². The molecule has 0 heterocycles. The molecular formula is C13H20N2O2. The number of nitrogens with two attached hydrogens (primary N) is 1. The van der Waals surface area contributed by atoms with Crippen LogP contribution < -0.4 is 15.4 Å². The molecule has 4 nitrogen and oxygen atoms in total. The molecule has 94 valence electrons. The second-order valence-corrected chi connectivity index (χ2v) is 4.37. The zero-order chi connectivity index (χ0) is 13.0. The number of nitrogens with zero attached hydrogens (tertiary/aromatic N) is 1. The number of hydrogen-bond acceptors (Lipinski definition) is 3. The molecule has 0 aliphatic heterocycles. The van der Waals surface area contributed by atoms with E-state index in [1.54, 1.807) is 19.1 Å². The highest BCUT2D eigenvalue weighted by atomic mass is 16.5. The highest BCUT2D eigenvalue weighted by Crippen LogP contribution is 2.20. The Kier molecular flexibility index (Phi) is 4.52. The number of ether oxygens (including phenoxy) is 1. The number of amides is 1. The maximum Gasteiger partial charge on any atom is 0.243 e. The molecular weight excluding hydrogens is 216 g/mol. The topological polar surface area (TPSA) is 55.6 Å². The van der Waals surface area contributed by atoms with Gasteiger partial charge in [-0.3, -0.25) is 4.79 Å². The number of likely N-dealkylation sites (N-methyl/N-ethyl adjacent to an activating group) is 1. The lowest BCUT2D eigenvalue weighted by molar-refractivity contribution is -0.120. The van der Waals surface area contributed by atoms with Crippen LogP contribution in [0.2, 0.25) is 0 Å². The van der Waals surface area contributed by atoms with Crippen molar-refractivity contribution in [3.8, 4) is 5.75 Å². The van der Waals surface area contributed by atoms with Crippen LogP contribution in [0.25, 0.3) is 0 Å². The molecule has 1 aromatic carbocycles. The van der Waals surface area contributed by atoms with Crippen molar-refractivity contribution in [2.75, 3.05) is 19.1 Å². The SMILES string of the molecule is COc1cccc(N(C)C(=O)[C@H](N)C(C)C)c1. The molecule has 1 atom stereocenters. The third kappa shape index (κ3) is 3.20. The molecule has 0 aliphatic carbocycles. The highest BCUT2D eigenvalue weighted by molar-refractivity contribution is 5.96. The predicted octanol–water partition coefficient (Wildman–Crippen LogP) is 1.64. The van der Waals surface area contributed by atoms with Crippen LogP contribution in [-0.4, -0.2) is 26.1 Å². The third-order valence-electron chi connectivity index (χ3n) is 2.77. The minimum absolute atomic E-state index is 0.0896. The molecule has 4 heteroatoms. The lowest BCUT2D eigenvalue weighted by Crippen LogP contribution is -2.45. The van der Waals surface area contributed by atoms with Crippen LogP contribution in [0.15, 0.2) is 24.3 Å². The van der Waals surface area contributed by atoms with Crippen LogP contribution in [0, 0.1) is 5.92 Å². The number of carbonyl (C=O) groups excluding carboxylic acids is 1. The number of anilines is 1. The second kappa shape index (κ2) is 5.68. The number of carbonyl (C=O) groups is 1. The molecule has 0 fully saturated rings. The summed E-state index contributed by atoms with van der Waals surface area (Å²) in [5.74, 6) is 0.754. The van der Waals surface area contributed by atoms with Crippen molar-refractivity contribution in [3.63, 3.8) is 0 Å². The maximum atomic E-state index is 12.0. The standard InChI is InChI=1S/C13H20N2O2/c1-9(2)12(14)13(16)15(3)10-6-5-7-11(8-10)17-4/h5-9,12H,14H2,1-4H3/t12-/m1/s1. The van der Waals surface area contributed by atoms with E-state index < -0.39 is 6.04 Å². The van der Waals surface area contributed by atoms with Crippen molar-refractivity contribution >= 4 is 11.6 Å². The molecule has 0 saturated heterocycles. The fraction of sp³-hybridized carbons (Fsp3) is 0.462. The number of benzene rings is 1. The van der Waals surface area contributed by atoms with Gasteiger partial charge in [0.15, 0.2) is 0 Å². The largest absolute Gasteiger partial charge is 0.497 e. The van der Waals surface area contributed by atoms with Gasteiger partial charge in [0.1, 0.15) is 5.75 Å². The Morgan fingerprint density at radius 2 is 2.06 bits per heavy atom. The maximum absolute atomic E-state index is 12.0. The Balaban J connectivity index is 2.88. The van der Waals surface area contributed by atoms with Crippen molar-refractivity contribution in [2.45, 2.75) is 19.9 Å². The Hall–Kier alpha value is -1.55. The van der Waals surface area contributed by atoms with E-state index in [-0.39, 0.29) is 11.8 Å². The minimum atomic E-state index is -0.480. The molecule has 2 N–H and O–H groups in total. The van der Waals surface area contributed by atoms with Crippen molar-refractivity contribution in [1.29, 1.82) is 0 Å². The molecule has 0 aliphatic rings. The van der Waals surface area contributed by atoms with Crippen molar-refractivity contribution in [1.82, 2.24) is 0 Å². The van der Waals surface area contributed by atoms with Gasteiger partial charge < -0.3 is 15.4 Å². The normalized spacial score (nSPS) is 12.4. The van der Waals surface area contributed by atoms with Gasteiger partial charge in [-0.2, -0.15) is 0 Å². The Morgan fingerprint density at radius 1 is 1.41 bits per heavy atom. The van der Waals surface area contributed by atoms with Crippen LogP contribution in [-0.2, 0) is 4.79 Å². The van der Waals surface area contributed by atoms with Gasteiger partial charge in [0.2, 0.25) is 5.91 Å². The zero-order valence-electron chi connectivity index (χ0n) is 10.8. The summed E-state index contributed by atoms with van der Waals surface area (Å²) in [6.07, 6.45) is 0. The first-order chi connectivity index (χ1) is 7.97. The first-order valence-electron chi connectivity index (χ1n) is 5.64. The summed E-state index contributed by atoms with van der Waals surface area (Å²) in [6, 6.07) is 6.87. The third-order valence-corrected chi connectivity index (χ3v) is 2.77. The molecule has 1 amide bonds. The Bertz CT molecular complexity index is 391. The van der Waals surface area contributed by atoms with E-state index in [1.807, 2.05) is 38.1 Å². The van der Waals surface area contributed by atoms with Gasteiger partial charge in [-0.15, -0.1) is 0 Å². The summed E-state index contributed by atoms with van der Waals surface area (Å²) >= 11 is 0. The molecule has 1 aromatic rings. The van der Waals surface area contributed by atoms with E-state index in [4.69, 9.17) is 10.5 Å². The molecule has 0 spiro atoms. The summed E-state index contributed by atoms with van der Waals surface area (Å²) in [7, 11) is 3.32. The monoisotopic (exact) mass is 236 g/mol. The van der Waals surface area contributed by atoms with Crippen LogP contribution >= 0.6 is 0 Å². The summed E-state index contributed by atoms with van der Waals surface area (Å²) in [5.41, 5.74) is 6.63. The number of hydrogen-bond donors (Lipinski definition) is 1. The van der Waals surface area contributed by atoms with Gasteiger partial charge in [-0.05, 0) is 18.1 Å². The average molecular weight is 236 g/mol. The first-order valence-corrected chi connectivity index (χ1v) is 5.64. The summed E-state index contributed by atoms with van der Waals surface area (Å²) in [6.45, 7) is 3.87. The number of rotatable bonds is 4. The van der Waals surface area contributed by atoms with Crippen LogP contribution in [0.5, 0.6) is 5.75 Å². The molecule has 0 bridgehead atoms. The molecule has 0 saturated carbocycles. The highest BCUT2D eigenvalue weighted by Gasteiger charge is 2.22. The first kappa shape index (κ1) is 13.5. The van der Waals surface area contributed by atoms with E-state index in [2.05, 4.69) is 0 Å². The van der Waals surface area contributed by atoms with Gasteiger partial charge in [-0.25, -0.2) is 0 Å². The predicted molar refractivity (Wildman–Crippen MR) is 69.2 cm³/mol. The van der Waals surface area contributed by atoms with Crippen LogP contribution in [0.3, 0.4) is 0 Å². The summed E-state index contributed by atoms with van der Waals surface area (Å²) in [5, 5.41) is 0. The van der Waals surface area contributed by atoms with E-state index in [1.165, 1.54) is 0 Å². The average Bonchev–Trinajstić information content (AvgIpc) is 2.36. The summed E-state index contributed by atoms with van der Waals surface area (Å²) in [4.78, 5) is 13.6. The van der Waals surface area contributed by atoms with E-state index in [9.17, 15) is 4.79 Å². The molecule has 0 aromatic heterocycles. The van der Waals surface area contributed by atoms with Gasteiger partial charge in [0.05, 0.1) is 13.2 Å². The molecule has 1 rings (SSSR count). The van der Waals surface area contributed by atoms with E-state index >= 15 is 0 Å². The van der Waals surface area contributed by atoms with Gasteiger partial charge >= 0.3 is 0 Å². The lowest BCUT2D eigenvalue weighted by Gasteiger charge is -2.23. The second-order valence-electron chi connectivity index (χ2n) is 4.37. The molecule has 0 radical (unpaired) electrons.